The first kappa shape index (κ1) is 16.2. The van der Waals surface area contributed by atoms with E-state index in [-0.39, 0.29) is 0 Å². The number of para-hydroxylation sites is 1. The van der Waals surface area contributed by atoms with Crippen LogP contribution in [0.1, 0.15) is 29.6 Å². The molecular weight excluding hydrogens is 256 g/mol. The third-order valence-electron chi connectivity index (χ3n) is 2.97. The lowest BCUT2D eigenvalue weighted by Gasteiger charge is -2.22. The standard InChI is InChI=1S/C9H10O3.C6H12N2/c1-11-8-5-3-4-7(6-10)9(8)12-2;7-6(8)4-2-1-3-5-6/h3-6H,1-2H3;2,4H,1,3,5,7-8H2. The van der Waals surface area contributed by atoms with Gasteiger partial charge in [-0.2, -0.15) is 0 Å². The van der Waals surface area contributed by atoms with Gasteiger partial charge in [-0.05, 0) is 31.4 Å². The van der Waals surface area contributed by atoms with Gasteiger partial charge in [-0.25, -0.2) is 0 Å². The highest BCUT2D eigenvalue weighted by atomic mass is 16.5. The average molecular weight is 278 g/mol. The van der Waals surface area contributed by atoms with E-state index in [1.54, 1.807) is 18.2 Å². The van der Waals surface area contributed by atoms with Crippen molar-refractivity contribution < 1.29 is 14.3 Å². The monoisotopic (exact) mass is 278 g/mol. The fourth-order valence-corrected chi connectivity index (χ4v) is 1.92. The summed E-state index contributed by atoms with van der Waals surface area (Å²) in [7, 11) is 3.04. The summed E-state index contributed by atoms with van der Waals surface area (Å²) >= 11 is 0. The van der Waals surface area contributed by atoms with Gasteiger partial charge in [-0.1, -0.05) is 18.2 Å². The van der Waals surface area contributed by atoms with Crippen molar-refractivity contribution in [2.45, 2.75) is 24.9 Å². The van der Waals surface area contributed by atoms with Crippen LogP contribution in [0.15, 0.2) is 30.4 Å². The number of carbonyl (C=O) groups excluding carboxylic acids is 1. The normalized spacial score (nSPS) is 15.8. The predicted molar refractivity (Wildman–Crippen MR) is 79.0 cm³/mol. The first-order valence-corrected chi connectivity index (χ1v) is 6.45. The molecule has 20 heavy (non-hydrogen) atoms. The van der Waals surface area contributed by atoms with Crippen molar-refractivity contribution in [2.75, 3.05) is 14.2 Å². The van der Waals surface area contributed by atoms with Crippen LogP contribution < -0.4 is 20.9 Å². The molecule has 1 aromatic rings. The van der Waals surface area contributed by atoms with Crippen LogP contribution >= 0.6 is 0 Å². The first-order chi connectivity index (χ1) is 9.54. The second kappa shape index (κ2) is 7.67. The number of methoxy groups -OCH3 is 2. The maximum absolute atomic E-state index is 10.5. The molecule has 0 unspecified atom stereocenters. The lowest BCUT2D eigenvalue weighted by Crippen LogP contribution is -2.48. The number of nitrogens with two attached hydrogens (primary N) is 2. The Kier molecular flexibility index (Phi) is 6.21. The van der Waals surface area contributed by atoms with Crippen molar-refractivity contribution in [1.29, 1.82) is 0 Å². The zero-order chi connectivity index (χ0) is 15.0. The van der Waals surface area contributed by atoms with Crippen molar-refractivity contribution in [3.8, 4) is 11.5 Å². The Labute approximate surface area is 119 Å². The smallest absolute Gasteiger partial charge is 0.171 e. The number of hydrogen-bond donors (Lipinski definition) is 2. The Balaban J connectivity index is 0.000000217. The number of aldehydes is 1. The highest BCUT2D eigenvalue weighted by Crippen LogP contribution is 2.29. The number of allylic oxidation sites excluding steroid dienone is 1. The van der Waals surface area contributed by atoms with E-state index in [4.69, 9.17) is 20.9 Å². The number of rotatable bonds is 3. The number of benzene rings is 1. The maximum atomic E-state index is 10.5. The quantitative estimate of drug-likeness (QED) is 0.500. The Morgan fingerprint density at radius 1 is 1.25 bits per heavy atom. The third kappa shape index (κ3) is 4.68. The van der Waals surface area contributed by atoms with E-state index in [0.29, 0.717) is 17.1 Å². The molecule has 1 aliphatic carbocycles. The molecule has 0 atom stereocenters. The van der Waals surface area contributed by atoms with Crippen molar-refractivity contribution >= 4 is 6.29 Å². The van der Waals surface area contributed by atoms with E-state index in [0.717, 1.165) is 25.5 Å². The van der Waals surface area contributed by atoms with Crippen LogP contribution in [-0.4, -0.2) is 26.2 Å². The summed E-state index contributed by atoms with van der Waals surface area (Å²) in [4.78, 5) is 10.5. The minimum absolute atomic E-state index is 0.481. The summed E-state index contributed by atoms with van der Waals surface area (Å²) in [6, 6.07) is 5.16. The molecule has 0 spiro atoms. The summed E-state index contributed by atoms with van der Waals surface area (Å²) in [5.74, 6) is 1.05. The molecule has 0 aromatic heterocycles. The van der Waals surface area contributed by atoms with E-state index >= 15 is 0 Å². The van der Waals surface area contributed by atoms with Gasteiger partial charge in [0.05, 0.1) is 25.4 Å². The van der Waals surface area contributed by atoms with E-state index in [1.807, 2.05) is 12.2 Å². The Morgan fingerprint density at radius 3 is 2.40 bits per heavy atom. The van der Waals surface area contributed by atoms with Gasteiger partial charge in [0.25, 0.3) is 0 Å². The molecule has 0 saturated heterocycles. The summed E-state index contributed by atoms with van der Waals surface area (Å²) in [5.41, 5.74) is 11.1. The number of hydrogen-bond acceptors (Lipinski definition) is 5. The van der Waals surface area contributed by atoms with E-state index in [9.17, 15) is 4.79 Å². The van der Waals surface area contributed by atoms with Gasteiger partial charge in [-0.15, -0.1) is 0 Å². The van der Waals surface area contributed by atoms with E-state index < -0.39 is 5.66 Å². The van der Waals surface area contributed by atoms with Gasteiger partial charge in [-0.3, -0.25) is 4.79 Å². The van der Waals surface area contributed by atoms with E-state index in [1.165, 1.54) is 14.2 Å². The van der Waals surface area contributed by atoms with Gasteiger partial charge in [0.2, 0.25) is 0 Å². The van der Waals surface area contributed by atoms with Crippen LogP contribution in [0, 0.1) is 0 Å². The summed E-state index contributed by atoms with van der Waals surface area (Å²) in [5, 5.41) is 0. The second-order valence-electron chi connectivity index (χ2n) is 4.61. The highest BCUT2D eigenvalue weighted by Gasteiger charge is 2.15. The van der Waals surface area contributed by atoms with Gasteiger partial charge >= 0.3 is 0 Å². The lowest BCUT2D eigenvalue weighted by molar-refractivity contribution is 0.112. The molecule has 2 rings (SSSR count). The fourth-order valence-electron chi connectivity index (χ4n) is 1.92. The molecule has 0 amide bonds. The molecule has 0 heterocycles. The van der Waals surface area contributed by atoms with Gasteiger partial charge < -0.3 is 20.9 Å². The van der Waals surface area contributed by atoms with E-state index in [2.05, 4.69) is 0 Å². The molecule has 0 saturated carbocycles. The molecule has 4 N–H and O–H groups in total. The van der Waals surface area contributed by atoms with Crippen molar-refractivity contribution in [3.05, 3.63) is 35.9 Å². The average Bonchev–Trinajstić information content (AvgIpc) is 2.46. The molecule has 110 valence electrons. The maximum Gasteiger partial charge on any atom is 0.171 e. The predicted octanol–water partition coefficient (Wildman–Crippen LogP) is 1.86. The Hall–Kier alpha value is -1.85. The van der Waals surface area contributed by atoms with Gasteiger partial charge in [0, 0.05) is 0 Å². The Morgan fingerprint density at radius 2 is 2.00 bits per heavy atom. The molecule has 5 nitrogen and oxygen atoms in total. The van der Waals surface area contributed by atoms with Crippen LogP contribution in [0.2, 0.25) is 0 Å². The summed E-state index contributed by atoms with van der Waals surface area (Å²) in [6.45, 7) is 0. The summed E-state index contributed by atoms with van der Waals surface area (Å²) in [6.07, 6.45) is 7.85. The first-order valence-electron chi connectivity index (χ1n) is 6.45. The van der Waals surface area contributed by atoms with Crippen LogP contribution in [-0.2, 0) is 0 Å². The molecule has 0 fully saturated rings. The van der Waals surface area contributed by atoms with Crippen LogP contribution in [0.4, 0.5) is 0 Å². The molecule has 0 aliphatic heterocycles. The van der Waals surface area contributed by atoms with Gasteiger partial charge in [0.1, 0.15) is 0 Å². The van der Waals surface area contributed by atoms with Crippen molar-refractivity contribution in [2.24, 2.45) is 11.5 Å². The minimum atomic E-state index is -0.502. The summed E-state index contributed by atoms with van der Waals surface area (Å²) < 4.78 is 10.00. The molecular formula is C15H22N2O3. The van der Waals surface area contributed by atoms with Crippen molar-refractivity contribution in [1.82, 2.24) is 0 Å². The van der Waals surface area contributed by atoms with Crippen molar-refractivity contribution in [3.63, 3.8) is 0 Å². The topological polar surface area (TPSA) is 87.6 Å². The molecule has 5 heteroatoms. The Bertz CT molecular complexity index is 470. The van der Waals surface area contributed by atoms with Gasteiger partial charge in [0.15, 0.2) is 17.8 Å². The highest BCUT2D eigenvalue weighted by molar-refractivity contribution is 5.81. The third-order valence-corrected chi connectivity index (χ3v) is 2.97. The number of ether oxygens (including phenoxy) is 2. The van der Waals surface area contributed by atoms with Crippen LogP contribution in [0.3, 0.4) is 0 Å². The second-order valence-corrected chi connectivity index (χ2v) is 4.61. The molecule has 1 aromatic carbocycles. The SMILES string of the molecule is COc1cccc(C=O)c1OC.NC1(N)C=CCCC1. The molecule has 1 aliphatic rings. The zero-order valence-corrected chi connectivity index (χ0v) is 12.0. The molecule has 0 radical (unpaired) electrons. The largest absolute Gasteiger partial charge is 0.493 e. The van der Waals surface area contributed by atoms with Crippen LogP contribution in [0.25, 0.3) is 0 Å². The number of carbonyl (C=O) groups is 1. The fraction of sp³-hybridized carbons (Fsp3) is 0.400. The minimum Gasteiger partial charge on any atom is -0.493 e. The molecule has 0 bridgehead atoms. The lowest BCUT2D eigenvalue weighted by atomic mass is 9.98. The van der Waals surface area contributed by atoms with Crippen LogP contribution in [0.5, 0.6) is 11.5 Å². The zero-order valence-electron chi connectivity index (χ0n) is 12.0.